The van der Waals surface area contributed by atoms with Crippen molar-refractivity contribution in [3.05, 3.63) is 59.7 Å². The molecule has 0 N–H and O–H groups in total. The number of rotatable bonds is 9. The molecular weight excluding hydrogens is 394 g/mol. The first kappa shape index (κ1) is 21.4. The normalized spacial score (nSPS) is 17.1. The summed E-state index contributed by atoms with van der Waals surface area (Å²) in [5.41, 5.74) is 3.34. The standard InChI is InChI=1S/C23H31N5O3/c1-4-28-16-18(14-24-28)15-27-9-11-31-23(17-27)22-12-19(26(2)25-22)8-10-30-21-7-5-6-20(13-21)29-3/h5-7,12-14,16,23H,4,8-11,15,17H2,1-3H3. The van der Waals surface area contributed by atoms with Crippen LogP contribution in [-0.2, 0) is 31.3 Å². The molecule has 2 aromatic heterocycles. The van der Waals surface area contributed by atoms with E-state index >= 15 is 0 Å². The Labute approximate surface area is 183 Å². The fourth-order valence-electron chi connectivity index (χ4n) is 3.83. The molecule has 0 spiro atoms. The first-order chi connectivity index (χ1) is 15.1. The van der Waals surface area contributed by atoms with Gasteiger partial charge in [-0.15, -0.1) is 0 Å². The Morgan fingerprint density at radius 2 is 2.10 bits per heavy atom. The zero-order valence-electron chi connectivity index (χ0n) is 18.5. The van der Waals surface area contributed by atoms with Crippen LogP contribution in [0.5, 0.6) is 11.5 Å². The second-order valence-corrected chi connectivity index (χ2v) is 7.76. The van der Waals surface area contributed by atoms with E-state index in [1.54, 1.807) is 7.11 Å². The smallest absolute Gasteiger partial charge is 0.123 e. The van der Waals surface area contributed by atoms with Gasteiger partial charge in [0.1, 0.15) is 17.6 Å². The fraction of sp³-hybridized carbons (Fsp3) is 0.478. The molecule has 1 atom stereocenters. The number of methoxy groups -OCH3 is 1. The van der Waals surface area contributed by atoms with Crippen molar-refractivity contribution in [1.82, 2.24) is 24.5 Å². The summed E-state index contributed by atoms with van der Waals surface area (Å²) in [7, 11) is 3.63. The molecule has 3 heterocycles. The number of benzene rings is 1. The molecule has 0 aliphatic carbocycles. The summed E-state index contributed by atoms with van der Waals surface area (Å²) in [5, 5.41) is 9.10. The van der Waals surface area contributed by atoms with Crippen LogP contribution in [0.15, 0.2) is 42.7 Å². The van der Waals surface area contributed by atoms with E-state index in [9.17, 15) is 0 Å². The van der Waals surface area contributed by atoms with Gasteiger partial charge in [0, 0.05) is 63.2 Å². The van der Waals surface area contributed by atoms with Gasteiger partial charge in [-0.3, -0.25) is 14.3 Å². The highest BCUT2D eigenvalue weighted by Gasteiger charge is 2.25. The van der Waals surface area contributed by atoms with E-state index < -0.39 is 0 Å². The van der Waals surface area contributed by atoms with Crippen LogP contribution in [0.3, 0.4) is 0 Å². The number of hydrogen-bond donors (Lipinski definition) is 0. The minimum Gasteiger partial charge on any atom is -0.497 e. The van der Waals surface area contributed by atoms with Crippen molar-refractivity contribution < 1.29 is 14.2 Å². The lowest BCUT2D eigenvalue weighted by Gasteiger charge is -2.31. The number of aromatic nitrogens is 4. The first-order valence-electron chi connectivity index (χ1n) is 10.8. The van der Waals surface area contributed by atoms with E-state index in [1.165, 1.54) is 5.56 Å². The predicted octanol–water partition coefficient (Wildman–Crippen LogP) is 2.84. The maximum Gasteiger partial charge on any atom is 0.123 e. The fourth-order valence-corrected chi connectivity index (χ4v) is 3.83. The molecule has 0 bridgehead atoms. The molecule has 1 aliphatic rings. The minimum absolute atomic E-state index is 0.0192. The number of nitrogens with zero attached hydrogens (tertiary/aromatic N) is 5. The molecule has 0 amide bonds. The molecule has 1 unspecified atom stereocenters. The lowest BCUT2D eigenvalue weighted by molar-refractivity contribution is -0.0352. The lowest BCUT2D eigenvalue weighted by Crippen LogP contribution is -2.37. The molecule has 8 heteroatoms. The zero-order chi connectivity index (χ0) is 21.6. The van der Waals surface area contributed by atoms with Crippen LogP contribution in [0.25, 0.3) is 0 Å². The van der Waals surface area contributed by atoms with Gasteiger partial charge in [0.25, 0.3) is 0 Å². The maximum absolute atomic E-state index is 6.04. The summed E-state index contributed by atoms with van der Waals surface area (Å²) in [6, 6.07) is 9.80. The quantitative estimate of drug-likeness (QED) is 0.525. The van der Waals surface area contributed by atoms with Gasteiger partial charge in [0.15, 0.2) is 0 Å². The van der Waals surface area contributed by atoms with Gasteiger partial charge in [-0.05, 0) is 25.1 Å². The monoisotopic (exact) mass is 425 g/mol. The van der Waals surface area contributed by atoms with Gasteiger partial charge in [0.2, 0.25) is 0 Å². The van der Waals surface area contributed by atoms with Crippen LogP contribution >= 0.6 is 0 Å². The number of morpholine rings is 1. The van der Waals surface area contributed by atoms with Crippen molar-refractivity contribution in [2.75, 3.05) is 33.4 Å². The Morgan fingerprint density at radius 3 is 2.90 bits per heavy atom. The van der Waals surface area contributed by atoms with Crippen molar-refractivity contribution in [3.63, 3.8) is 0 Å². The van der Waals surface area contributed by atoms with E-state index in [4.69, 9.17) is 19.3 Å². The molecule has 8 nitrogen and oxygen atoms in total. The van der Waals surface area contributed by atoms with Crippen molar-refractivity contribution in [3.8, 4) is 11.5 Å². The van der Waals surface area contributed by atoms with Gasteiger partial charge in [-0.2, -0.15) is 10.2 Å². The largest absolute Gasteiger partial charge is 0.497 e. The maximum atomic E-state index is 6.04. The second kappa shape index (κ2) is 9.98. The summed E-state index contributed by atoms with van der Waals surface area (Å²) < 4.78 is 21.1. The molecule has 4 rings (SSSR count). The topological polar surface area (TPSA) is 66.6 Å². The molecule has 31 heavy (non-hydrogen) atoms. The van der Waals surface area contributed by atoms with Crippen LogP contribution in [-0.4, -0.2) is 57.9 Å². The average molecular weight is 426 g/mol. The highest BCUT2D eigenvalue weighted by Crippen LogP contribution is 2.24. The van der Waals surface area contributed by atoms with Crippen LogP contribution < -0.4 is 9.47 Å². The zero-order valence-corrected chi connectivity index (χ0v) is 18.5. The van der Waals surface area contributed by atoms with Crippen LogP contribution in [0, 0.1) is 0 Å². The van der Waals surface area contributed by atoms with E-state index in [1.807, 2.05) is 46.9 Å². The third kappa shape index (κ3) is 5.45. The third-order valence-corrected chi connectivity index (χ3v) is 5.56. The lowest BCUT2D eigenvalue weighted by atomic mass is 10.1. The van der Waals surface area contributed by atoms with Crippen molar-refractivity contribution >= 4 is 0 Å². The summed E-state index contributed by atoms with van der Waals surface area (Å²) >= 11 is 0. The summed E-state index contributed by atoms with van der Waals surface area (Å²) in [6.07, 6.45) is 4.82. The summed E-state index contributed by atoms with van der Waals surface area (Å²) in [6.45, 7) is 6.90. The Kier molecular flexibility index (Phi) is 6.89. The van der Waals surface area contributed by atoms with Crippen LogP contribution in [0.2, 0.25) is 0 Å². The Balaban J connectivity index is 1.32. The summed E-state index contributed by atoms with van der Waals surface area (Å²) in [5.74, 6) is 1.60. The number of hydrogen-bond acceptors (Lipinski definition) is 6. The highest BCUT2D eigenvalue weighted by molar-refractivity contribution is 5.32. The number of ether oxygens (including phenoxy) is 3. The van der Waals surface area contributed by atoms with E-state index in [-0.39, 0.29) is 6.10 Å². The van der Waals surface area contributed by atoms with Gasteiger partial charge in [-0.1, -0.05) is 6.07 Å². The third-order valence-electron chi connectivity index (χ3n) is 5.56. The van der Waals surface area contributed by atoms with Gasteiger partial charge in [0.05, 0.1) is 32.2 Å². The van der Waals surface area contributed by atoms with Crippen molar-refractivity contribution in [2.45, 2.75) is 32.5 Å². The van der Waals surface area contributed by atoms with Crippen LogP contribution in [0.4, 0.5) is 0 Å². The van der Waals surface area contributed by atoms with E-state index in [0.717, 1.165) is 55.5 Å². The SMILES string of the molecule is CCn1cc(CN2CCOC(c3cc(CCOc4cccc(OC)c4)n(C)n3)C2)cn1. The highest BCUT2D eigenvalue weighted by atomic mass is 16.5. The van der Waals surface area contributed by atoms with Gasteiger partial charge < -0.3 is 14.2 Å². The predicted molar refractivity (Wildman–Crippen MR) is 117 cm³/mol. The molecule has 3 aromatic rings. The molecule has 0 radical (unpaired) electrons. The summed E-state index contributed by atoms with van der Waals surface area (Å²) in [4.78, 5) is 2.41. The average Bonchev–Trinajstić information content (AvgIpc) is 3.40. The van der Waals surface area contributed by atoms with Crippen molar-refractivity contribution in [2.24, 2.45) is 7.05 Å². The second-order valence-electron chi connectivity index (χ2n) is 7.76. The molecule has 1 saturated heterocycles. The Hall–Kier alpha value is -2.84. The molecule has 1 aliphatic heterocycles. The molecule has 1 aromatic carbocycles. The molecule has 166 valence electrons. The number of aryl methyl sites for hydroxylation is 2. The molecule has 1 fully saturated rings. The van der Waals surface area contributed by atoms with Gasteiger partial charge >= 0.3 is 0 Å². The first-order valence-corrected chi connectivity index (χ1v) is 10.8. The Morgan fingerprint density at radius 1 is 1.23 bits per heavy atom. The van der Waals surface area contributed by atoms with E-state index in [2.05, 4.69) is 29.2 Å². The molecular formula is C23H31N5O3. The molecule has 0 saturated carbocycles. The van der Waals surface area contributed by atoms with Crippen molar-refractivity contribution in [1.29, 1.82) is 0 Å². The van der Waals surface area contributed by atoms with E-state index in [0.29, 0.717) is 13.2 Å². The van der Waals surface area contributed by atoms with Gasteiger partial charge in [-0.25, -0.2) is 0 Å². The minimum atomic E-state index is -0.0192. The Bertz CT molecular complexity index is 983. The van der Waals surface area contributed by atoms with Crippen LogP contribution in [0.1, 0.15) is 30.0 Å².